The van der Waals surface area contributed by atoms with Crippen molar-refractivity contribution in [2.24, 2.45) is 0 Å². The standard InChI is InChI=1S/C19H12F3N3O6/c1-11-18(25(28)29)17(31-23-11)8-6-12-4-2-3-5-15(12)30-16-9-7-13(19(20,21)22)10-14(16)24(26)27/h2-10H,1H3/b8-6-. The highest BCUT2D eigenvalue weighted by Gasteiger charge is 2.33. The minimum Gasteiger partial charge on any atom is -0.449 e. The van der Waals surface area contributed by atoms with Gasteiger partial charge in [0, 0.05) is 11.6 Å². The number of hydrogen-bond donors (Lipinski definition) is 0. The second kappa shape index (κ2) is 8.26. The summed E-state index contributed by atoms with van der Waals surface area (Å²) in [5.74, 6) is -0.460. The maximum atomic E-state index is 12.9. The second-order valence-electron chi connectivity index (χ2n) is 6.15. The molecule has 1 aromatic heterocycles. The molecule has 0 N–H and O–H groups in total. The van der Waals surface area contributed by atoms with Crippen LogP contribution < -0.4 is 4.74 Å². The lowest BCUT2D eigenvalue weighted by Gasteiger charge is -2.11. The lowest BCUT2D eigenvalue weighted by Crippen LogP contribution is -2.06. The molecule has 0 aliphatic carbocycles. The van der Waals surface area contributed by atoms with E-state index in [2.05, 4.69) is 5.16 Å². The van der Waals surface area contributed by atoms with Crippen LogP contribution in [0.3, 0.4) is 0 Å². The summed E-state index contributed by atoms with van der Waals surface area (Å²) < 4.78 is 49.0. The van der Waals surface area contributed by atoms with Crippen LogP contribution >= 0.6 is 0 Å². The number of rotatable bonds is 6. The zero-order valence-corrected chi connectivity index (χ0v) is 15.6. The minimum atomic E-state index is -4.76. The number of alkyl halides is 3. The Morgan fingerprint density at radius 3 is 2.39 bits per heavy atom. The van der Waals surface area contributed by atoms with Gasteiger partial charge >= 0.3 is 17.6 Å². The number of hydrogen-bond acceptors (Lipinski definition) is 7. The van der Waals surface area contributed by atoms with E-state index in [0.29, 0.717) is 17.7 Å². The van der Waals surface area contributed by atoms with Gasteiger partial charge in [0.05, 0.1) is 15.4 Å². The summed E-state index contributed by atoms with van der Waals surface area (Å²) in [4.78, 5) is 20.7. The smallest absolute Gasteiger partial charge is 0.416 e. The predicted molar refractivity (Wildman–Crippen MR) is 101 cm³/mol. The molecule has 0 bridgehead atoms. The molecule has 0 atom stereocenters. The highest BCUT2D eigenvalue weighted by molar-refractivity contribution is 5.74. The van der Waals surface area contributed by atoms with E-state index < -0.39 is 33.0 Å². The van der Waals surface area contributed by atoms with Gasteiger partial charge in [-0.05, 0) is 37.3 Å². The van der Waals surface area contributed by atoms with Crippen molar-refractivity contribution in [1.82, 2.24) is 5.16 Å². The van der Waals surface area contributed by atoms with Crippen LogP contribution in [0.4, 0.5) is 24.5 Å². The first kappa shape index (κ1) is 21.5. The minimum absolute atomic E-state index is 0.0699. The highest BCUT2D eigenvalue weighted by Crippen LogP contribution is 2.38. The van der Waals surface area contributed by atoms with Crippen LogP contribution in [0.15, 0.2) is 47.0 Å². The second-order valence-corrected chi connectivity index (χ2v) is 6.15. The maximum Gasteiger partial charge on any atom is 0.416 e. The monoisotopic (exact) mass is 435 g/mol. The van der Waals surface area contributed by atoms with Crippen LogP contribution in [-0.4, -0.2) is 15.0 Å². The first-order valence-electron chi connectivity index (χ1n) is 8.49. The van der Waals surface area contributed by atoms with Crippen molar-refractivity contribution in [3.63, 3.8) is 0 Å². The summed E-state index contributed by atoms with van der Waals surface area (Å²) in [5, 5.41) is 25.9. The molecule has 3 rings (SSSR count). The lowest BCUT2D eigenvalue weighted by atomic mass is 10.1. The number of benzene rings is 2. The van der Waals surface area contributed by atoms with E-state index in [-0.39, 0.29) is 22.9 Å². The van der Waals surface area contributed by atoms with Crippen molar-refractivity contribution in [1.29, 1.82) is 0 Å². The van der Waals surface area contributed by atoms with Crippen LogP contribution in [0.25, 0.3) is 12.2 Å². The van der Waals surface area contributed by atoms with Gasteiger partial charge in [-0.2, -0.15) is 13.2 Å². The average molecular weight is 435 g/mol. The van der Waals surface area contributed by atoms with E-state index in [1.54, 1.807) is 12.1 Å². The molecule has 2 aromatic carbocycles. The quantitative estimate of drug-likeness (QED) is 0.355. The number of halogens is 3. The fourth-order valence-corrected chi connectivity index (χ4v) is 2.63. The molecule has 0 aliphatic rings. The van der Waals surface area contributed by atoms with E-state index >= 15 is 0 Å². The molecule has 0 aliphatic heterocycles. The molecule has 0 fully saturated rings. The summed E-state index contributed by atoms with van der Waals surface area (Å²) in [6, 6.07) is 8.03. The molecule has 0 saturated carbocycles. The van der Waals surface area contributed by atoms with E-state index in [1.807, 2.05) is 0 Å². The Kier molecular flexibility index (Phi) is 5.72. The maximum absolute atomic E-state index is 12.9. The molecule has 0 radical (unpaired) electrons. The number of nitrogens with zero attached hydrogens (tertiary/aromatic N) is 3. The molecular weight excluding hydrogens is 423 g/mol. The largest absolute Gasteiger partial charge is 0.449 e. The molecule has 0 saturated heterocycles. The molecule has 12 heteroatoms. The highest BCUT2D eigenvalue weighted by atomic mass is 19.4. The third-order valence-electron chi connectivity index (χ3n) is 4.08. The van der Waals surface area contributed by atoms with Crippen molar-refractivity contribution < 1.29 is 32.3 Å². The predicted octanol–water partition coefficient (Wildman–Crippen LogP) is 5.78. The van der Waals surface area contributed by atoms with Crippen molar-refractivity contribution in [2.45, 2.75) is 13.1 Å². The van der Waals surface area contributed by atoms with Crippen molar-refractivity contribution in [3.8, 4) is 11.5 Å². The lowest BCUT2D eigenvalue weighted by molar-refractivity contribution is -0.386. The Labute approximate surface area is 171 Å². The van der Waals surface area contributed by atoms with Crippen molar-refractivity contribution in [2.75, 3.05) is 0 Å². The molecule has 3 aromatic rings. The van der Waals surface area contributed by atoms with E-state index in [1.165, 1.54) is 31.2 Å². The van der Waals surface area contributed by atoms with Gasteiger partial charge in [0.2, 0.25) is 11.5 Å². The number of nitro benzene ring substituents is 1. The zero-order valence-electron chi connectivity index (χ0n) is 15.6. The summed E-state index contributed by atoms with van der Waals surface area (Å²) in [5.41, 5.74) is -1.97. The Bertz CT molecular complexity index is 1190. The average Bonchev–Trinajstić information content (AvgIpc) is 3.07. The van der Waals surface area contributed by atoms with Crippen molar-refractivity contribution in [3.05, 3.63) is 85.3 Å². The molecule has 160 valence electrons. The van der Waals surface area contributed by atoms with Gasteiger partial charge < -0.3 is 9.26 Å². The van der Waals surface area contributed by atoms with Crippen LogP contribution in [0, 0.1) is 27.2 Å². The number of nitro groups is 2. The Morgan fingerprint density at radius 2 is 1.74 bits per heavy atom. The van der Waals surface area contributed by atoms with E-state index in [4.69, 9.17) is 9.26 Å². The molecule has 0 spiro atoms. The number of aryl methyl sites for hydroxylation is 1. The van der Waals surface area contributed by atoms with E-state index in [0.717, 1.165) is 6.07 Å². The Balaban J connectivity index is 1.97. The van der Waals surface area contributed by atoms with Gasteiger partial charge in [0.25, 0.3) is 0 Å². The molecule has 0 unspecified atom stereocenters. The molecule has 31 heavy (non-hydrogen) atoms. The third kappa shape index (κ3) is 4.69. The van der Waals surface area contributed by atoms with Crippen LogP contribution in [0.1, 0.15) is 22.6 Å². The first-order chi connectivity index (χ1) is 14.6. The number of aromatic nitrogens is 1. The summed E-state index contributed by atoms with van der Waals surface area (Å²) in [6.45, 7) is 1.40. The van der Waals surface area contributed by atoms with E-state index in [9.17, 15) is 33.4 Å². The van der Waals surface area contributed by atoms with Gasteiger partial charge in [-0.3, -0.25) is 20.2 Å². The van der Waals surface area contributed by atoms with Gasteiger partial charge in [-0.25, -0.2) is 0 Å². The van der Waals surface area contributed by atoms with Gasteiger partial charge in [0.15, 0.2) is 5.69 Å². The van der Waals surface area contributed by atoms with Crippen LogP contribution in [0.5, 0.6) is 11.5 Å². The first-order valence-corrected chi connectivity index (χ1v) is 8.49. The third-order valence-corrected chi connectivity index (χ3v) is 4.08. The fraction of sp³-hybridized carbons (Fsp3) is 0.105. The molecular formula is C19H12F3N3O6. The number of ether oxygens (including phenoxy) is 1. The molecule has 0 amide bonds. The van der Waals surface area contributed by atoms with Gasteiger partial charge in [-0.15, -0.1) is 0 Å². The van der Waals surface area contributed by atoms with Gasteiger partial charge in [-0.1, -0.05) is 23.4 Å². The van der Waals surface area contributed by atoms with Crippen molar-refractivity contribution >= 4 is 23.5 Å². The Morgan fingerprint density at radius 1 is 1.03 bits per heavy atom. The summed E-state index contributed by atoms with van der Waals surface area (Å²) in [7, 11) is 0. The Hall–Kier alpha value is -4.22. The fourth-order valence-electron chi connectivity index (χ4n) is 2.63. The van der Waals surface area contributed by atoms with Crippen LogP contribution in [0.2, 0.25) is 0 Å². The summed E-state index contributed by atoms with van der Waals surface area (Å²) >= 11 is 0. The normalized spacial score (nSPS) is 11.6. The molecule has 1 heterocycles. The topological polar surface area (TPSA) is 122 Å². The van der Waals surface area contributed by atoms with Crippen LogP contribution in [-0.2, 0) is 6.18 Å². The summed E-state index contributed by atoms with van der Waals surface area (Å²) in [6.07, 6.45) is -2.10. The zero-order chi connectivity index (χ0) is 22.8. The molecule has 9 nitrogen and oxygen atoms in total. The number of para-hydroxylation sites is 1. The van der Waals surface area contributed by atoms with Gasteiger partial charge in [0.1, 0.15) is 5.75 Å². The SMILES string of the molecule is Cc1noc(/C=C\c2ccccc2Oc2ccc(C(F)(F)F)cc2[N+](=O)[O-])c1[N+](=O)[O-].